The molecule has 1 aliphatic heterocycles. The molecule has 0 saturated carbocycles. The predicted octanol–water partition coefficient (Wildman–Crippen LogP) is 15.4. The quantitative estimate of drug-likeness (QED) is 0.0527. The smallest absolute Gasteiger partial charge is 0.119 e. The Labute approximate surface area is 313 Å². The molecule has 2 nitrogen and oxygen atoms in total. The number of allylic oxidation sites excluding steroid dienone is 4. The fourth-order valence-corrected chi connectivity index (χ4v) is 7.90. The largest absolute Gasteiger partial charge is 0.494 e. The van der Waals surface area contributed by atoms with Gasteiger partial charge in [0.2, 0.25) is 0 Å². The van der Waals surface area contributed by atoms with Gasteiger partial charge in [0.1, 0.15) is 5.75 Å². The molecule has 50 heavy (non-hydrogen) atoms. The molecule has 1 aliphatic rings. The van der Waals surface area contributed by atoms with Crippen molar-refractivity contribution in [3.63, 3.8) is 0 Å². The minimum absolute atomic E-state index is 0.859. The van der Waals surface area contributed by atoms with E-state index < -0.39 is 0 Å². The standard InChI is InChI=1S/C48H85NO/c1-5-7-9-10-11-12-13-14-15-16-17-18-19-23-26-32-38-50-48-41-46(40-47(42-48)43-49-36-30-31-37-49)35-29-25-22-20-21-24-28-34-45(4)39-44(3)33-27-8-6-2/h11-12,14-15,40-42,44-45H,5-10,13,16-39,43H2,1-4H3/b12-11-,15-14-. The van der Waals surface area contributed by atoms with Gasteiger partial charge in [-0.3, -0.25) is 4.90 Å². The van der Waals surface area contributed by atoms with Crippen molar-refractivity contribution >= 4 is 0 Å². The molecule has 2 rings (SSSR count). The van der Waals surface area contributed by atoms with Crippen molar-refractivity contribution in [2.75, 3.05) is 19.7 Å². The SMILES string of the molecule is CCCCC/C=C\C/C=C\CCCCCCCCOc1cc(CCCCCCCCCC(C)CC(C)CCCCC)cc(CN2CCCC2)c1. The second kappa shape index (κ2) is 32.1. The van der Waals surface area contributed by atoms with Crippen molar-refractivity contribution in [3.05, 3.63) is 53.6 Å². The Kier molecular flexibility index (Phi) is 28.7. The summed E-state index contributed by atoms with van der Waals surface area (Å²) in [4.78, 5) is 2.63. The molecule has 1 aromatic carbocycles. The summed E-state index contributed by atoms with van der Waals surface area (Å²) in [6, 6.07) is 7.18. The molecule has 1 fully saturated rings. The van der Waals surface area contributed by atoms with Gasteiger partial charge in [0.15, 0.2) is 0 Å². The first-order chi connectivity index (χ1) is 24.6. The number of benzene rings is 1. The van der Waals surface area contributed by atoms with E-state index >= 15 is 0 Å². The summed E-state index contributed by atoms with van der Waals surface area (Å²) in [5, 5.41) is 0. The number of unbranched alkanes of at least 4 members (excludes halogenated alkanes) is 17. The van der Waals surface area contributed by atoms with Crippen molar-refractivity contribution in [2.45, 2.75) is 214 Å². The fourth-order valence-electron chi connectivity index (χ4n) is 7.90. The Balaban J connectivity index is 1.56. The van der Waals surface area contributed by atoms with Gasteiger partial charge >= 0.3 is 0 Å². The van der Waals surface area contributed by atoms with Gasteiger partial charge < -0.3 is 4.74 Å². The molecule has 0 radical (unpaired) electrons. The minimum atomic E-state index is 0.859. The fraction of sp³-hybridized carbons (Fsp3) is 0.792. The van der Waals surface area contributed by atoms with Crippen LogP contribution in [0.2, 0.25) is 0 Å². The van der Waals surface area contributed by atoms with Gasteiger partial charge in [0.25, 0.3) is 0 Å². The Morgan fingerprint density at radius 3 is 1.76 bits per heavy atom. The zero-order chi connectivity index (χ0) is 35.7. The van der Waals surface area contributed by atoms with Crippen LogP contribution in [0.4, 0.5) is 0 Å². The van der Waals surface area contributed by atoms with E-state index in [0.717, 1.165) is 37.2 Å². The maximum atomic E-state index is 6.38. The molecule has 1 heterocycles. The molecule has 1 aromatic rings. The van der Waals surface area contributed by atoms with Gasteiger partial charge in [-0.2, -0.15) is 0 Å². The van der Waals surface area contributed by atoms with Gasteiger partial charge in [-0.05, 0) is 119 Å². The van der Waals surface area contributed by atoms with E-state index in [0.29, 0.717) is 0 Å². The third-order valence-electron chi connectivity index (χ3n) is 11.0. The lowest BCUT2D eigenvalue weighted by molar-refractivity contribution is 0.301. The number of ether oxygens (including phenoxy) is 1. The van der Waals surface area contributed by atoms with Gasteiger partial charge in [0, 0.05) is 6.54 Å². The van der Waals surface area contributed by atoms with Crippen molar-refractivity contribution < 1.29 is 4.74 Å². The molecule has 2 atom stereocenters. The Morgan fingerprint density at radius 2 is 1.10 bits per heavy atom. The Morgan fingerprint density at radius 1 is 0.580 bits per heavy atom. The number of hydrogen-bond donors (Lipinski definition) is 0. The van der Waals surface area contributed by atoms with Crippen LogP contribution in [0.5, 0.6) is 5.75 Å². The summed E-state index contributed by atoms with van der Waals surface area (Å²) in [5.74, 6) is 2.94. The molecule has 288 valence electrons. The van der Waals surface area contributed by atoms with Gasteiger partial charge in [-0.25, -0.2) is 0 Å². The highest BCUT2D eigenvalue weighted by Crippen LogP contribution is 2.24. The first kappa shape index (κ1) is 44.6. The van der Waals surface area contributed by atoms with Crippen molar-refractivity contribution in [1.29, 1.82) is 0 Å². The zero-order valence-corrected chi connectivity index (χ0v) is 34.2. The van der Waals surface area contributed by atoms with Crippen LogP contribution in [0.25, 0.3) is 0 Å². The highest BCUT2D eigenvalue weighted by Gasteiger charge is 2.13. The third kappa shape index (κ3) is 25.4. The molecular formula is C48H85NO. The molecular weight excluding hydrogens is 607 g/mol. The third-order valence-corrected chi connectivity index (χ3v) is 11.0. The Hall–Kier alpha value is -1.54. The van der Waals surface area contributed by atoms with E-state index in [1.54, 1.807) is 0 Å². The average Bonchev–Trinajstić information content (AvgIpc) is 3.62. The van der Waals surface area contributed by atoms with Crippen molar-refractivity contribution in [1.82, 2.24) is 4.90 Å². The van der Waals surface area contributed by atoms with Crippen LogP contribution < -0.4 is 4.74 Å². The number of hydrogen-bond acceptors (Lipinski definition) is 2. The van der Waals surface area contributed by atoms with Crippen molar-refractivity contribution in [2.24, 2.45) is 11.8 Å². The van der Waals surface area contributed by atoms with Crippen LogP contribution in [0.1, 0.15) is 212 Å². The van der Waals surface area contributed by atoms with Crippen LogP contribution in [-0.2, 0) is 13.0 Å². The summed E-state index contributed by atoms with van der Waals surface area (Å²) < 4.78 is 6.38. The first-order valence-corrected chi connectivity index (χ1v) is 22.4. The van der Waals surface area contributed by atoms with E-state index in [9.17, 15) is 0 Å². The maximum Gasteiger partial charge on any atom is 0.119 e. The number of aryl methyl sites for hydroxylation is 1. The number of rotatable bonds is 34. The summed E-state index contributed by atoms with van der Waals surface area (Å²) in [6.45, 7) is 14.0. The highest BCUT2D eigenvalue weighted by molar-refractivity contribution is 5.35. The van der Waals surface area contributed by atoms with Gasteiger partial charge in [0.05, 0.1) is 6.61 Å². The second-order valence-electron chi connectivity index (χ2n) is 16.4. The molecule has 0 bridgehead atoms. The average molecular weight is 692 g/mol. The summed E-state index contributed by atoms with van der Waals surface area (Å²) in [5.41, 5.74) is 2.95. The predicted molar refractivity (Wildman–Crippen MR) is 224 cm³/mol. The van der Waals surface area contributed by atoms with Gasteiger partial charge in [-0.1, -0.05) is 167 Å². The summed E-state index contributed by atoms with van der Waals surface area (Å²) >= 11 is 0. The summed E-state index contributed by atoms with van der Waals surface area (Å²) in [7, 11) is 0. The lowest BCUT2D eigenvalue weighted by Gasteiger charge is -2.17. The lowest BCUT2D eigenvalue weighted by atomic mass is 9.89. The molecule has 0 aliphatic carbocycles. The molecule has 0 N–H and O–H groups in total. The molecule has 2 unspecified atom stereocenters. The number of likely N-dealkylation sites (tertiary alicyclic amines) is 1. The zero-order valence-electron chi connectivity index (χ0n) is 34.2. The number of nitrogens with zero attached hydrogens (tertiary/aromatic N) is 1. The Bertz CT molecular complexity index is 943. The van der Waals surface area contributed by atoms with E-state index in [4.69, 9.17) is 4.74 Å². The van der Waals surface area contributed by atoms with E-state index in [1.165, 1.54) is 198 Å². The molecule has 2 heteroatoms. The van der Waals surface area contributed by atoms with Crippen LogP contribution in [-0.4, -0.2) is 24.6 Å². The van der Waals surface area contributed by atoms with Crippen LogP contribution >= 0.6 is 0 Å². The molecule has 0 amide bonds. The van der Waals surface area contributed by atoms with Crippen LogP contribution in [0.15, 0.2) is 42.5 Å². The topological polar surface area (TPSA) is 12.5 Å². The second-order valence-corrected chi connectivity index (χ2v) is 16.4. The monoisotopic (exact) mass is 692 g/mol. The van der Waals surface area contributed by atoms with Crippen LogP contribution in [0, 0.1) is 11.8 Å². The normalized spacial score (nSPS) is 15.1. The van der Waals surface area contributed by atoms with Crippen molar-refractivity contribution in [3.8, 4) is 5.75 Å². The van der Waals surface area contributed by atoms with E-state index in [-0.39, 0.29) is 0 Å². The molecule has 0 spiro atoms. The van der Waals surface area contributed by atoms with E-state index in [1.807, 2.05) is 0 Å². The molecule has 1 saturated heterocycles. The molecule has 0 aromatic heterocycles. The lowest BCUT2D eigenvalue weighted by Crippen LogP contribution is -2.18. The minimum Gasteiger partial charge on any atom is -0.494 e. The van der Waals surface area contributed by atoms with E-state index in [2.05, 4.69) is 75.1 Å². The van der Waals surface area contributed by atoms with Crippen LogP contribution in [0.3, 0.4) is 0 Å². The maximum absolute atomic E-state index is 6.38. The summed E-state index contributed by atoms with van der Waals surface area (Å²) in [6.07, 6.45) is 47.1. The van der Waals surface area contributed by atoms with Gasteiger partial charge in [-0.15, -0.1) is 0 Å². The highest BCUT2D eigenvalue weighted by atomic mass is 16.5. The first-order valence-electron chi connectivity index (χ1n) is 22.4.